The van der Waals surface area contributed by atoms with Crippen LogP contribution in [0.4, 0.5) is 5.69 Å². The number of anilines is 1. The summed E-state index contributed by atoms with van der Waals surface area (Å²) in [5, 5.41) is 11.2. The lowest BCUT2D eigenvalue weighted by atomic mass is 10.1. The van der Waals surface area contributed by atoms with Crippen LogP contribution in [-0.2, 0) is 14.8 Å². The van der Waals surface area contributed by atoms with Crippen LogP contribution in [0, 0.1) is 6.92 Å². The van der Waals surface area contributed by atoms with Gasteiger partial charge in [-0.05, 0) is 49.7 Å². The second-order valence-electron chi connectivity index (χ2n) is 5.88. The minimum atomic E-state index is -3.97. The van der Waals surface area contributed by atoms with Crippen LogP contribution in [-0.4, -0.2) is 27.0 Å². The van der Waals surface area contributed by atoms with Crippen molar-refractivity contribution in [2.75, 3.05) is 11.3 Å². The lowest BCUT2D eigenvalue weighted by molar-refractivity contribution is -0.255. The van der Waals surface area contributed by atoms with Gasteiger partial charge in [0.2, 0.25) is 0 Å². The molecule has 0 saturated heterocycles. The smallest absolute Gasteiger partial charge is 0.342 e. The van der Waals surface area contributed by atoms with Crippen molar-refractivity contribution in [1.82, 2.24) is 0 Å². The number of ether oxygens (including phenoxy) is 1. The van der Waals surface area contributed by atoms with Gasteiger partial charge >= 0.3 is 5.97 Å². The number of carbonyl (C=O) groups excluding carboxylic acids is 2. The first-order chi connectivity index (χ1) is 13.2. The first kappa shape index (κ1) is 19.4. The molecule has 8 nitrogen and oxygen atoms in total. The Morgan fingerprint density at radius 3 is 2.43 bits per heavy atom. The van der Waals surface area contributed by atoms with E-state index >= 15 is 0 Å². The van der Waals surface area contributed by atoms with Gasteiger partial charge < -0.3 is 19.1 Å². The van der Waals surface area contributed by atoms with E-state index in [1.54, 1.807) is 19.9 Å². The summed E-state index contributed by atoms with van der Waals surface area (Å²) in [7, 11) is -3.97. The molecule has 0 aliphatic carbocycles. The second kappa shape index (κ2) is 7.35. The first-order valence-corrected chi connectivity index (χ1v) is 9.75. The number of carboxylic acid groups (broad SMARTS) is 1. The number of furan rings is 1. The molecule has 146 valence electrons. The molecular formula is C19H16NO7S-. The van der Waals surface area contributed by atoms with Gasteiger partial charge in [-0.1, -0.05) is 12.1 Å². The van der Waals surface area contributed by atoms with Crippen molar-refractivity contribution in [3.8, 4) is 0 Å². The number of aromatic carboxylic acids is 1. The zero-order chi connectivity index (χ0) is 20.5. The number of hydrogen-bond acceptors (Lipinski definition) is 7. The Balaban J connectivity index is 1.96. The van der Waals surface area contributed by atoms with Gasteiger partial charge in [-0.15, -0.1) is 0 Å². The predicted molar refractivity (Wildman–Crippen MR) is 98.5 cm³/mol. The van der Waals surface area contributed by atoms with E-state index in [1.165, 1.54) is 12.1 Å². The van der Waals surface area contributed by atoms with Crippen molar-refractivity contribution in [3.63, 3.8) is 0 Å². The van der Waals surface area contributed by atoms with Crippen molar-refractivity contribution in [2.24, 2.45) is 0 Å². The molecule has 3 aromatic rings. The Morgan fingerprint density at radius 2 is 1.82 bits per heavy atom. The van der Waals surface area contributed by atoms with Gasteiger partial charge in [0.25, 0.3) is 10.0 Å². The quantitative estimate of drug-likeness (QED) is 0.626. The third-order valence-corrected chi connectivity index (χ3v) is 5.39. The van der Waals surface area contributed by atoms with E-state index in [-0.39, 0.29) is 28.3 Å². The van der Waals surface area contributed by atoms with Crippen molar-refractivity contribution in [2.45, 2.75) is 18.7 Å². The standard InChI is InChI=1S/C19H17NO7S/c1-3-26-19(23)17-11(2)27-16-9-6-13(10-15(16)17)20-28(24,25)14-7-4-12(5-8-14)18(21)22/h4-10,20H,3H2,1-2H3,(H,21,22)/p-1. The topological polar surface area (TPSA) is 126 Å². The van der Waals surface area contributed by atoms with Gasteiger partial charge in [-0.25, -0.2) is 13.2 Å². The molecule has 0 radical (unpaired) electrons. The van der Waals surface area contributed by atoms with Crippen molar-refractivity contribution >= 4 is 38.6 Å². The van der Waals surface area contributed by atoms with E-state index in [9.17, 15) is 23.1 Å². The van der Waals surface area contributed by atoms with E-state index < -0.39 is 22.0 Å². The number of benzene rings is 2. The molecular weight excluding hydrogens is 386 g/mol. The van der Waals surface area contributed by atoms with Crippen LogP contribution in [0.3, 0.4) is 0 Å². The molecule has 2 aromatic carbocycles. The number of esters is 1. The molecule has 1 aromatic heterocycles. The van der Waals surface area contributed by atoms with Crippen LogP contribution in [0.1, 0.15) is 33.4 Å². The van der Waals surface area contributed by atoms with Crippen LogP contribution < -0.4 is 9.83 Å². The van der Waals surface area contributed by atoms with Crippen LogP contribution in [0.2, 0.25) is 0 Å². The molecule has 0 fully saturated rings. The molecule has 0 spiro atoms. The number of carboxylic acids is 1. The summed E-state index contributed by atoms with van der Waals surface area (Å²) in [6.45, 7) is 3.49. The van der Waals surface area contributed by atoms with Gasteiger partial charge in [0.05, 0.1) is 17.5 Å². The van der Waals surface area contributed by atoms with E-state index in [4.69, 9.17) is 9.15 Å². The average Bonchev–Trinajstić information content (AvgIpc) is 2.96. The summed E-state index contributed by atoms with van der Waals surface area (Å²) < 4.78 is 38.1. The summed E-state index contributed by atoms with van der Waals surface area (Å²) in [6.07, 6.45) is 0. The molecule has 0 aliphatic rings. The summed E-state index contributed by atoms with van der Waals surface area (Å²) in [5.74, 6) is -1.59. The van der Waals surface area contributed by atoms with Gasteiger partial charge in [0.1, 0.15) is 16.9 Å². The van der Waals surface area contributed by atoms with E-state index in [0.29, 0.717) is 16.7 Å². The minimum Gasteiger partial charge on any atom is -0.545 e. The summed E-state index contributed by atoms with van der Waals surface area (Å²) in [6, 6.07) is 9.13. The fourth-order valence-corrected chi connectivity index (χ4v) is 3.77. The Hall–Kier alpha value is -3.33. The molecule has 0 aliphatic heterocycles. The number of carbonyl (C=O) groups is 2. The summed E-state index contributed by atoms with van der Waals surface area (Å²) in [4.78, 5) is 22.8. The Bertz CT molecular complexity index is 1160. The third-order valence-electron chi connectivity index (χ3n) is 4.00. The fraction of sp³-hybridized carbons (Fsp3) is 0.158. The molecule has 0 saturated carbocycles. The van der Waals surface area contributed by atoms with Crippen LogP contribution >= 0.6 is 0 Å². The highest BCUT2D eigenvalue weighted by atomic mass is 32.2. The zero-order valence-corrected chi connectivity index (χ0v) is 15.8. The first-order valence-electron chi connectivity index (χ1n) is 8.27. The molecule has 0 atom stereocenters. The second-order valence-corrected chi connectivity index (χ2v) is 7.56. The molecule has 0 bridgehead atoms. The lowest BCUT2D eigenvalue weighted by Crippen LogP contribution is -2.22. The maximum atomic E-state index is 12.6. The largest absolute Gasteiger partial charge is 0.545 e. The number of aryl methyl sites for hydroxylation is 1. The molecule has 3 rings (SSSR count). The third kappa shape index (κ3) is 3.70. The number of hydrogen-bond donors (Lipinski definition) is 1. The lowest BCUT2D eigenvalue weighted by Gasteiger charge is -2.09. The molecule has 0 amide bonds. The van der Waals surface area contributed by atoms with Gasteiger partial charge in [0.15, 0.2) is 0 Å². The van der Waals surface area contributed by atoms with Crippen LogP contribution in [0.15, 0.2) is 51.8 Å². The van der Waals surface area contributed by atoms with Crippen LogP contribution in [0.5, 0.6) is 0 Å². The predicted octanol–water partition coefficient (Wildman–Crippen LogP) is 2.08. The van der Waals surface area contributed by atoms with Gasteiger partial charge in [-0.2, -0.15) is 0 Å². The molecule has 1 N–H and O–H groups in total. The number of rotatable bonds is 6. The fourth-order valence-electron chi connectivity index (χ4n) is 2.72. The summed E-state index contributed by atoms with van der Waals surface area (Å²) in [5.41, 5.74) is 0.731. The Kier molecular flexibility index (Phi) is 5.10. The highest BCUT2D eigenvalue weighted by molar-refractivity contribution is 7.92. The SMILES string of the molecule is CCOC(=O)c1c(C)oc2ccc(NS(=O)(=O)c3ccc(C(=O)[O-])cc3)cc12. The highest BCUT2D eigenvalue weighted by Gasteiger charge is 2.21. The van der Waals surface area contributed by atoms with Gasteiger partial charge in [0, 0.05) is 11.1 Å². The Labute approximate surface area is 160 Å². The van der Waals surface area contributed by atoms with E-state index in [0.717, 1.165) is 24.3 Å². The maximum Gasteiger partial charge on any atom is 0.342 e. The molecule has 0 unspecified atom stereocenters. The van der Waals surface area contributed by atoms with E-state index in [1.807, 2.05) is 0 Å². The highest BCUT2D eigenvalue weighted by Crippen LogP contribution is 2.29. The van der Waals surface area contributed by atoms with Crippen molar-refractivity contribution in [3.05, 3.63) is 59.4 Å². The van der Waals surface area contributed by atoms with Crippen LogP contribution in [0.25, 0.3) is 11.0 Å². The van der Waals surface area contributed by atoms with Gasteiger partial charge in [-0.3, -0.25) is 4.72 Å². The molecule has 1 heterocycles. The van der Waals surface area contributed by atoms with Crippen molar-refractivity contribution in [1.29, 1.82) is 0 Å². The minimum absolute atomic E-state index is 0.119. The average molecular weight is 402 g/mol. The number of sulfonamides is 1. The van der Waals surface area contributed by atoms with Crippen molar-refractivity contribution < 1.29 is 32.3 Å². The number of fused-ring (bicyclic) bond motifs is 1. The maximum absolute atomic E-state index is 12.6. The zero-order valence-electron chi connectivity index (χ0n) is 15.0. The Morgan fingerprint density at radius 1 is 1.14 bits per heavy atom. The normalized spacial score (nSPS) is 11.4. The molecule has 28 heavy (non-hydrogen) atoms. The van der Waals surface area contributed by atoms with E-state index in [2.05, 4.69) is 4.72 Å². The summed E-state index contributed by atoms with van der Waals surface area (Å²) >= 11 is 0. The number of nitrogens with one attached hydrogen (secondary N) is 1. The molecule has 9 heteroatoms. The monoisotopic (exact) mass is 402 g/mol.